The summed E-state index contributed by atoms with van der Waals surface area (Å²) in [5, 5.41) is 13.8. The fraction of sp³-hybridized carbons (Fsp3) is 0.650. The molecule has 6 atom stereocenters. The molecule has 5 aliphatic rings. The first-order valence-electron chi connectivity index (χ1n) is 9.71. The maximum Gasteiger partial charge on any atom is 0.471 e. The predicted molar refractivity (Wildman–Crippen MR) is 90.1 cm³/mol. The van der Waals surface area contributed by atoms with Crippen LogP contribution in [0, 0.1) is 17.3 Å². The van der Waals surface area contributed by atoms with Gasteiger partial charge in [-0.15, -0.1) is 0 Å². The number of alkyl halides is 3. The van der Waals surface area contributed by atoms with Gasteiger partial charge in [-0.05, 0) is 67.3 Å². The molecule has 6 rings (SSSR count). The van der Waals surface area contributed by atoms with Gasteiger partial charge in [0, 0.05) is 29.5 Å². The van der Waals surface area contributed by atoms with Crippen molar-refractivity contribution in [3.8, 4) is 5.75 Å². The fourth-order valence-corrected chi connectivity index (χ4v) is 8.06. The highest BCUT2D eigenvalue weighted by Gasteiger charge is 2.78. The number of benzene rings is 1. The molecule has 1 aromatic carbocycles. The lowest BCUT2D eigenvalue weighted by Crippen LogP contribution is -2.66. The van der Waals surface area contributed by atoms with Crippen molar-refractivity contribution in [2.75, 3.05) is 13.1 Å². The second-order valence-corrected chi connectivity index (χ2v) is 9.14. The van der Waals surface area contributed by atoms with Crippen LogP contribution in [0.2, 0.25) is 0 Å². The minimum absolute atomic E-state index is 0.149. The summed E-state index contributed by atoms with van der Waals surface area (Å²) in [5.41, 5.74) is 1.61. The van der Waals surface area contributed by atoms with E-state index in [1.807, 2.05) is 12.1 Å². The van der Waals surface area contributed by atoms with E-state index >= 15 is 0 Å². The Labute approximate surface area is 154 Å². The van der Waals surface area contributed by atoms with Crippen LogP contribution in [0.15, 0.2) is 18.2 Å². The van der Waals surface area contributed by atoms with E-state index in [-0.39, 0.29) is 23.1 Å². The molecule has 0 aromatic heterocycles. The summed E-state index contributed by atoms with van der Waals surface area (Å²) in [6, 6.07) is 5.21. The van der Waals surface area contributed by atoms with Crippen molar-refractivity contribution in [3.05, 3.63) is 29.3 Å². The maximum atomic E-state index is 13.3. The van der Waals surface area contributed by atoms with Crippen molar-refractivity contribution in [3.63, 3.8) is 0 Å². The quantitative estimate of drug-likeness (QED) is 0.729. The summed E-state index contributed by atoms with van der Waals surface area (Å²) in [4.78, 5) is 13.4. The lowest BCUT2D eigenvalue weighted by atomic mass is 9.51. The van der Waals surface area contributed by atoms with E-state index in [0.29, 0.717) is 30.7 Å². The number of phenolic OH excluding ortho intramolecular Hbond substituents is 1. The molecular formula is C20H21F3N2O2. The van der Waals surface area contributed by atoms with E-state index in [1.54, 1.807) is 6.07 Å². The maximum absolute atomic E-state index is 13.3. The van der Waals surface area contributed by atoms with Gasteiger partial charge in [0.25, 0.3) is 0 Å². The van der Waals surface area contributed by atoms with Crippen molar-refractivity contribution >= 4 is 5.91 Å². The number of likely N-dealkylation sites (tertiary alicyclic amines) is 1. The molecular weight excluding hydrogens is 357 g/mol. The Balaban J connectivity index is 1.58. The largest absolute Gasteiger partial charge is 0.508 e. The lowest BCUT2D eigenvalue weighted by Gasteiger charge is -2.60. The molecule has 2 saturated heterocycles. The summed E-state index contributed by atoms with van der Waals surface area (Å²) >= 11 is 0. The van der Waals surface area contributed by atoms with Crippen molar-refractivity contribution < 1.29 is 23.1 Å². The molecule has 2 saturated carbocycles. The number of amides is 1. The number of aromatic hydroxyl groups is 1. The van der Waals surface area contributed by atoms with Gasteiger partial charge in [0.05, 0.1) is 0 Å². The van der Waals surface area contributed by atoms with Gasteiger partial charge in [-0.3, -0.25) is 4.79 Å². The number of hydrogen-bond donors (Lipinski definition) is 2. The normalized spacial score (nSPS) is 43.6. The van der Waals surface area contributed by atoms with Crippen LogP contribution in [0.5, 0.6) is 5.75 Å². The fourth-order valence-electron chi connectivity index (χ4n) is 8.06. The number of nitrogens with zero attached hydrogens (tertiary/aromatic N) is 1. The number of piperidine rings is 1. The topological polar surface area (TPSA) is 52.6 Å². The van der Waals surface area contributed by atoms with Crippen molar-refractivity contribution in [1.29, 1.82) is 0 Å². The molecule has 2 heterocycles. The Hall–Kier alpha value is -1.76. The molecule has 1 amide bonds. The highest BCUT2D eigenvalue weighted by atomic mass is 19.4. The van der Waals surface area contributed by atoms with Crippen LogP contribution in [0.4, 0.5) is 13.2 Å². The van der Waals surface area contributed by atoms with Crippen LogP contribution in [0.3, 0.4) is 0 Å². The summed E-state index contributed by atoms with van der Waals surface area (Å²) in [6.07, 6.45) is -2.12. The standard InChI is InChI=1S/C20H21F3N2O2/c21-20(22,23)17(27)25-4-3-19-13-6-12(26)2-1-10(13)5-15(25)18(19)7-11-9-24-14(8-18)16(11)19/h1-2,6,11,14-16,24,26H,3-5,7-9H2/t11-,14?,15?,16?,18?,19?/m1/s1. The molecule has 1 aromatic rings. The van der Waals surface area contributed by atoms with Crippen LogP contribution in [0.25, 0.3) is 0 Å². The van der Waals surface area contributed by atoms with Gasteiger partial charge in [0.15, 0.2) is 0 Å². The van der Waals surface area contributed by atoms with Crippen LogP contribution >= 0.6 is 0 Å². The van der Waals surface area contributed by atoms with Crippen molar-refractivity contribution in [1.82, 2.24) is 10.2 Å². The Kier molecular flexibility index (Phi) is 2.77. The number of halogens is 3. The number of hydrogen-bond acceptors (Lipinski definition) is 3. The predicted octanol–water partition coefficient (Wildman–Crippen LogP) is 2.35. The minimum Gasteiger partial charge on any atom is -0.508 e. The Morgan fingerprint density at radius 2 is 2.11 bits per heavy atom. The van der Waals surface area contributed by atoms with E-state index in [2.05, 4.69) is 5.32 Å². The number of carbonyl (C=O) groups is 1. The second-order valence-electron chi connectivity index (χ2n) is 9.14. The van der Waals surface area contributed by atoms with Gasteiger partial charge < -0.3 is 15.3 Å². The smallest absolute Gasteiger partial charge is 0.471 e. The first-order chi connectivity index (χ1) is 12.8. The van der Waals surface area contributed by atoms with E-state index in [4.69, 9.17) is 0 Å². The molecule has 2 aliphatic heterocycles. The third kappa shape index (κ3) is 1.65. The highest BCUT2D eigenvalue weighted by Crippen LogP contribution is 2.76. The Morgan fingerprint density at radius 1 is 1.30 bits per heavy atom. The minimum atomic E-state index is -4.83. The zero-order valence-corrected chi connectivity index (χ0v) is 14.7. The molecule has 0 spiro atoms. The van der Waals surface area contributed by atoms with Gasteiger partial charge in [-0.25, -0.2) is 0 Å². The molecule has 4 bridgehead atoms. The van der Waals surface area contributed by atoms with Gasteiger partial charge in [-0.2, -0.15) is 13.2 Å². The van der Waals surface area contributed by atoms with Crippen LogP contribution < -0.4 is 5.32 Å². The van der Waals surface area contributed by atoms with Crippen LogP contribution in [0.1, 0.15) is 30.4 Å². The highest BCUT2D eigenvalue weighted by molar-refractivity contribution is 5.83. The molecule has 144 valence electrons. The van der Waals surface area contributed by atoms with E-state index in [0.717, 1.165) is 35.4 Å². The summed E-state index contributed by atoms with van der Waals surface area (Å²) in [7, 11) is 0. The van der Waals surface area contributed by atoms with Crippen LogP contribution in [-0.4, -0.2) is 47.3 Å². The first-order valence-corrected chi connectivity index (χ1v) is 9.71. The molecule has 0 radical (unpaired) electrons. The number of carbonyl (C=O) groups excluding carboxylic acids is 1. The monoisotopic (exact) mass is 378 g/mol. The van der Waals surface area contributed by atoms with Gasteiger partial charge in [-0.1, -0.05) is 6.07 Å². The van der Waals surface area contributed by atoms with Gasteiger partial charge in [0.2, 0.25) is 0 Å². The zero-order valence-electron chi connectivity index (χ0n) is 14.7. The van der Waals surface area contributed by atoms with Crippen molar-refractivity contribution in [2.24, 2.45) is 17.3 Å². The number of phenols is 1. The lowest BCUT2D eigenvalue weighted by molar-refractivity contribution is -0.195. The number of rotatable bonds is 0. The van der Waals surface area contributed by atoms with E-state index in [1.165, 1.54) is 0 Å². The molecule has 4 fully saturated rings. The number of nitrogens with one attached hydrogen (secondary N) is 1. The SMILES string of the molecule is O=C(N1CCC23c4cc(O)ccc4CC1C21CC2NC[C@@H](C1)C23)C(F)(F)F. The summed E-state index contributed by atoms with van der Waals surface area (Å²) in [5.74, 6) is -0.630. The Morgan fingerprint density at radius 3 is 2.85 bits per heavy atom. The molecule has 3 aliphatic carbocycles. The molecule has 2 N–H and O–H groups in total. The van der Waals surface area contributed by atoms with E-state index in [9.17, 15) is 23.1 Å². The average Bonchev–Trinajstić information content (AvgIpc) is 3.16. The molecule has 5 unspecified atom stereocenters. The summed E-state index contributed by atoms with van der Waals surface area (Å²) < 4.78 is 40.0. The third-order valence-electron chi connectivity index (χ3n) is 8.50. The van der Waals surface area contributed by atoms with E-state index < -0.39 is 18.1 Å². The Bertz CT molecular complexity index is 855. The number of fused-ring (bicyclic) bond motifs is 1. The molecule has 4 nitrogen and oxygen atoms in total. The average molecular weight is 378 g/mol. The third-order valence-corrected chi connectivity index (χ3v) is 8.50. The molecule has 27 heavy (non-hydrogen) atoms. The van der Waals surface area contributed by atoms with Gasteiger partial charge >= 0.3 is 12.1 Å². The van der Waals surface area contributed by atoms with Gasteiger partial charge in [0.1, 0.15) is 5.75 Å². The second kappa shape index (κ2) is 4.62. The first kappa shape index (κ1) is 16.2. The summed E-state index contributed by atoms with van der Waals surface area (Å²) in [6.45, 7) is 1.06. The molecule has 7 heteroatoms. The van der Waals surface area contributed by atoms with Crippen LogP contribution in [-0.2, 0) is 16.6 Å². The van der Waals surface area contributed by atoms with Crippen molar-refractivity contribution in [2.45, 2.75) is 49.4 Å². The zero-order chi connectivity index (χ0) is 18.8.